The summed E-state index contributed by atoms with van der Waals surface area (Å²) in [6.45, 7) is 4.03. The van der Waals surface area contributed by atoms with Gasteiger partial charge in [0.25, 0.3) is 5.91 Å². The molecule has 0 radical (unpaired) electrons. The molecule has 1 N–H and O–H groups in total. The number of amides is 1. The number of amidine groups is 1. The van der Waals surface area contributed by atoms with E-state index in [-0.39, 0.29) is 5.91 Å². The Kier molecular flexibility index (Phi) is 4.99. The Hall–Kier alpha value is -1.75. The topological polar surface area (TPSA) is 41.5 Å². The van der Waals surface area contributed by atoms with Gasteiger partial charge in [0.15, 0.2) is 5.17 Å². The summed E-state index contributed by atoms with van der Waals surface area (Å²) in [6.07, 6.45) is 1.72. The van der Waals surface area contributed by atoms with Gasteiger partial charge in [0.05, 0.1) is 20.6 Å². The van der Waals surface area contributed by atoms with Gasteiger partial charge in [-0.2, -0.15) is 0 Å². The third kappa shape index (κ3) is 3.66. The minimum Gasteiger partial charge on any atom is -0.300 e. The second kappa shape index (κ2) is 7.01. The van der Waals surface area contributed by atoms with Crippen LogP contribution in [-0.4, -0.2) is 11.1 Å². The van der Waals surface area contributed by atoms with Crippen LogP contribution in [0.5, 0.6) is 0 Å². The molecule has 0 spiro atoms. The molecule has 122 valence electrons. The van der Waals surface area contributed by atoms with Gasteiger partial charge in [-0.15, -0.1) is 0 Å². The highest BCUT2D eigenvalue weighted by molar-refractivity contribution is 8.18. The third-order valence-electron chi connectivity index (χ3n) is 3.49. The molecule has 1 fully saturated rings. The van der Waals surface area contributed by atoms with E-state index in [1.165, 1.54) is 17.3 Å². The number of nitrogens with one attached hydrogen (secondary N) is 1. The molecule has 0 bridgehead atoms. The van der Waals surface area contributed by atoms with E-state index in [4.69, 9.17) is 23.2 Å². The maximum atomic E-state index is 12.2. The Labute approximate surface area is 154 Å². The van der Waals surface area contributed by atoms with E-state index in [0.29, 0.717) is 25.7 Å². The maximum Gasteiger partial charge on any atom is 0.264 e. The van der Waals surface area contributed by atoms with Gasteiger partial charge in [-0.25, -0.2) is 4.99 Å². The van der Waals surface area contributed by atoms with E-state index >= 15 is 0 Å². The van der Waals surface area contributed by atoms with Gasteiger partial charge in [0.2, 0.25) is 0 Å². The molecule has 1 aliphatic heterocycles. The monoisotopic (exact) mass is 376 g/mol. The minimum absolute atomic E-state index is 0.195. The van der Waals surface area contributed by atoms with E-state index in [2.05, 4.69) is 16.4 Å². The molecule has 0 atom stereocenters. The first-order valence-corrected chi connectivity index (χ1v) is 8.82. The van der Waals surface area contributed by atoms with Gasteiger partial charge >= 0.3 is 0 Å². The van der Waals surface area contributed by atoms with Crippen molar-refractivity contribution in [1.82, 2.24) is 5.32 Å². The summed E-state index contributed by atoms with van der Waals surface area (Å²) in [4.78, 5) is 17.2. The number of carbonyl (C=O) groups is 1. The smallest absolute Gasteiger partial charge is 0.264 e. The summed E-state index contributed by atoms with van der Waals surface area (Å²) in [6, 6.07) is 11.3. The van der Waals surface area contributed by atoms with E-state index < -0.39 is 0 Å². The van der Waals surface area contributed by atoms with Crippen LogP contribution in [0.1, 0.15) is 16.7 Å². The molecule has 0 aliphatic carbocycles. The molecule has 3 rings (SSSR count). The number of benzene rings is 2. The van der Waals surface area contributed by atoms with Gasteiger partial charge in [-0.3, -0.25) is 4.79 Å². The zero-order valence-corrected chi connectivity index (χ0v) is 15.4. The molecule has 0 aromatic heterocycles. The van der Waals surface area contributed by atoms with Crippen LogP contribution in [0.2, 0.25) is 10.0 Å². The van der Waals surface area contributed by atoms with Crippen LogP contribution in [0, 0.1) is 13.8 Å². The number of hydrogen-bond acceptors (Lipinski definition) is 3. The Balaban J connectivity index is 1.89. The Bertz CT molecular complexity index is 891. The highest BCUT2D eigenvalue weighted by Crippen LogP contribution is 2.32. The number of hydrogen-bond donors (Lipinski definition) is 1. The average molecular weight is 377 g/mol. The second-order valence-electron chi connectivity index (χ2n) is 5.41. The lowest BCUT2D eigenvalue weighted by atomic mass is 10.1. The van der Waals surface area contributed by atoms with E-state index in [9.17, 15) is 4.79 Å². The molecule has 0 unspecified atom stereocenters. The van der Waals surface area contributed by atoms with Crippen LogP contribution in [0.4, 0.5) is 5.69 Å². The fourth-order valence-electron chi connectivity index (χ4n) is 2.29. The molecular weight excluding hydrogens is 363 g/mol. The summed E-state index contributed by atoms with van der Waals surface area (Å²) in [5, 5.41) is 4.22. The van der Waals surface area contributed by atoms with Gasteiger partial charge in [-0.05, 0) is 54.9 Å². The van der Waals surface area contributed by atoms with Crippen molar-refractivity contribution >= 4 is 57.8 Å². The minimum atomic E-state index is -0.195. The van der Waals surface area contributed by atoms with Crippen molar-refractivity contribution < 1.29 is 4.79 Å². The number of nitrogens with zero attached hydrogens (tertiary/aromatic N) is 1. The SMILES string of the molecule is Cc1ccc(N=C2NC(=O)/C(=C\c3cccc(Cl)c3Cl)S2)c(C)c1. The fourth-order valence-corrected chi connectivity index (χ4v) is 3.48. The highest BCUT2D eigenvalue weighted by Gasteiger charge is 2.24. The van der Waals surface area contributed by atoms with Crippen molar-refractivity contribution in [3.8, 4) is 0 Å². The van der Waals surface area contributed by atoms with Crippen molar-refractivity contribution in [1.29, 1.82) is 0 Å². The van der Waals surface area contributed by atoms with Gasteiger partial charge in [0, 0.05) is 0 Å². The van der Waals surface area contributed by atoms with Crippen molar-refractivity contribution in [3.63, 3.8) is 0 Å². The first-order valence-electron chi connectivity index (χ1n) is 7.25. The van der Waals surface area contributed by atoms with E-state index in [1.54, 1.807) is 18.2 Å². The molecule has 1 heterocycles. The predicted octanol–water partition coefficient (Wildman–Crippen LogP) is 5.50. The van der Waals surface area contributed by atoms with Crippen molar-refractivity contribution in [3.05, 3.63) is 68.0 Å². The standard InChI is InChI=1S/C18H14Cl2N2OS/c1-10-6-7-14(11(2)8-10)21-18-22-17(23)15(24-18)9-12-4-3-5-13(19)16(12)20/h3-9H,1-2H3,(H,21,22,23)/b15-9+. The molecule has 1 amide bonds. The summed E-state index contributed by atoms with van der Waals surface area (Å²) < 4.78 is 0. The fraction of sp³-hybridized carbons (Fsp3) is 0.111. The molecular formula is C18H14Cl2N2OS. The molecule has 1 aliphatic rings. The predicted molar refractivity (Wildman–Crippen MR) is 103 cm³/mol. The zero-order chi connectivity index (χ0) is 17.3. The first kappa shape index (κ1) is 17.1. The Morgan fingerprint density at radius 1 is 1.17 bits per heavy atom. The highest BCUT2D eigenvalue weighted by atomic mass is 35.5. The molecule has 6 heteroatoms. The number of aliphatic imine (C=N–C) groups is 1. The van der Waals surface area contributed by atoms with Crippen LogP contribution in [0.25, 0.3) is 6.08 Å². The summed E-state index contributed by atoms with van der Waals surface area (Å²) in [5.41, 5.74) is 3.78. The number of rotatable bonds is 2. The summed E-state index contributed by atoms with van der Waals surface area (Å²) in [7, 11) is 0. The lowest BCUT2D eigenvalue weighted by Gasteiger charge is -2.02. The summed E-state index contributed by atoms with van der Waals surface area (Å²) in [5.74, 6) is -0.195. The second-order valence-corrected chi connectivity index (χ2v) is 7.23. The van der Waals surface area contributed by atoms with Crippen molar-refractivity contribution in [2.24, 2.45) is 4.99 Å². The summed E-state index contributed by atoms with van der Waals surface area (Å²) >= 11 is 13.5. The average Bonchev–Trinajstić information content (AvgIpc) is 2.87. The molecule has 3 nitrogen and oxygen atoms in total. The van der Waals surface area contributed by atoms with Gasteiger partial charge in [0.1, 0.15) is 0 Å². The molecule has 0 saturated carbocycles. The third-order valence-corrected chi connectivity index (χ3v) is 5.24. The Morgan fingerprint density at radius 2 is 1.96 bits per heavy atom. The maximum absolute atomic E-state index is 12.2. The van der Waals surface area contributed by atoms with Crippen molar-refractivity contribution in [2.45, 2.75) is 13.8 Å². The van der Waals surface area contributed by atoms with Crippen LogP contribution in [-0.2, 0) is 4.79 Å². The van der Waals surface area contributed by atoms with Gasteiger partial charge in [-0.1, -0.05) is 53.0 Å². The number of thioether (sulfide) groups is 1. The molecule has 1 saturated heterocycles. The van der Waals surface area contributed by atoms with Gasteiger partial charge < -0.3 is 5.32 Å². The molecule has 2 aromatic carbocycles. The number of aryl methyl sites for hydroxylation is 2. The van der Waals surface area contributed by atoms with Crippen LogP contribution < -0.4 is 5.32 Å². The first-order chi connectivity index (χ1) is 11.4. The van der Waals surface area contributed by atoms with Crippen molar-refractivity contribution in [2.75, 3.05) is 0 Å². The number of halogens is 2. The normalized spacial score (nSPS) is 17.6. The number of carbonyl (C=O) groups excluding carboxylic acids is 1. The van der Waals surface area contributed by atoms with E-state index in [0.717, 1.165) is 11.3 Å². The lowest BCUT2D eigenvalue weighted by molar-refractivity contribution is -0.115. The molecule has 24 heavy (non-hydrogen) atoms. The quantitative estimate of drug-likeness (QED) is 0.702. The van der Waals surface area contributed by atoms with Crippen LogP contribution in [0.15, 0.2) is 46.3 Å². The largest absolute Gasteiger partial charge is 0.300 e. The Morgan fingerprint density at radius 3 is 2.71 bits per heavy atom. The lowest BCUT2D eigenvalue weighted by Crippen LogP contribution is -2.19. The molecule has 2 aromatic rings. The van der Waals surface area contributed by atoms with Crippen LogP contribution >= 0.6 is 35.0 Å². The van der Waals surface area contributed by atoms with Crippen LogP contribution in [0.3, 0.4) is 0 Å². The van der Waals surface area contributed by atoms with E-state index in [1.807, 2.05) is 32.0 Å². The zero-order valence-electron chi connectivity index (χ0n) is 13.1.